The Morgan fingerprint density at radius 1 is 1.16 bits per heavy atom. The van der Waals surface area contributed by atoms with Crippen molar-refractivity contribution in [3.8, 4) is 11.4 Å². The van der Waals surface area contributed by atoms with Gasteiger partial charge in [-0.3, -0.25) is 10.3 Å². The molecule has 1 unspecified atom stereocenters. The number of para-hydroxylation sites is 1. The van der Waals surface area contributed by atoms with Crippen LogP contribution in [0.25, 0.3) is 22.3 Å². The molecule has 0 fully saturated rings. The van der Waals surface area contributed by atoms with E-state index in [1.54, 1.807) is 19.2 Å². The van der Waals surface area contributed by atoms with Crippen LogP contribution in [0.3, 0.4) is 0 Å². The molecule has 192 valence electrons. The number of H-pyrrole nitrogens is 2. The number of rotatable bonds is 6. The molecule has 0 bridgehead atoms. The SMILES string of the molecule is C=C/C(=C\N(C)C)C1(c2noc(C)n2)N[C@@H](c2ncc(-c3ccc(F)cn3)[nH]2)Cc2c1[nH]c1ccccc21. The van der Waals surface area contributed by atoms with Crippen molar-refractivity contribution < 1.29 is 8.91 Å². The second kappa shape index (κ2) is 9.07. The number of fused-ring (bicyclic) bond motifs is 3. The molecule has 5 aromatic rings. The molecule has 1 aliphatic rings. The summed E-state index contributed by atoms with van der Waals surface area (Å²) in [7, 11) is 3.92. The summed E-state index contributed by atoms with van der Waals surface area (Å²) >= 11 is 0. The van der Waals surface area contributed by atoms with Crippen LogP contribution in [-0.4, -0.2) is 49.1 Å². The van der Waals surface area contributed by atoms with Gasteiger partial charge < -0.3 is 19.4 Å². The highest BCUT2D eigenvalue weighted by molar-refractivity contribution is 5.86. The van der Waals surface area contributed by atoms with Crippen LogP contribution < -0.4 is 5.32 Å². The van der Waals surface area contributed by atoms with E-state index in [0.717, 1.165) is 27.7 Å². The summed E-state index contributed by atoms with van der Waals surface area (Å²) in [6, 6.07) is 11.0. The average molecular weight is 511 g/mol. The molecule has 1 aromatic carbocycles. The predicted molar refractivity (Wildman–Crippen MR) is 141 cm³/mol. The lowest BCUT2D eigenvalue weighted by molar-refractivity contribution is 0.314. The number of imidazole rings is 1. The van der Waals surface area contributed by atoms with Gasteiger partial charge in [0.05, 0.1) is 35.5 Å². The van der Waals surface area contributed by atoms with E-state index in [1.807, 2.05) is 43.4 Å². The van der Waals surface area contributed by atoms with Gasteiger partial charge in [-0.25, -0.2) is 9.37 Å². The van der Waals surface area contributed by atoms with Crippen LogP contribution in [0.4, 0.5) is 4.39 Å². The molecular formula is C28H27FN8O. The summed E-state index contributed by atoms with van der Waals surface area (Å²) in [4.78, 5) is 22.6. The summed E-state index contributed by atoms with van der Waals surface area (Å²) in [5.41, 5.74) is 4.18. The normalized spacial score (nSPS) is 19.5. The van der Waals surface area contributed by atoms with E-state index in [-0.39, 0.29) is 11.9 Å². The molecule has 4 aromatic heterocycles. The Kier molecular flexibility index (Phi) is 5.68. The number of aromatic nitrogens is 6. The number of nitrogens with one attached hydrogen (secondary N) is 3. The molecule has 38 heavy (non-hydrogen) atoms. The Hall–Kier alpha value is -4.57. The fourth-order valence-corrected chi connectivity index (χ4v) is 5.23. The number of hydrogen-bond acceptors (Lipinski definition) is 7. The van der Waals surface area contributed by atoms with Gasteiger partial charge in [-0.15, -0.1) is 0 Å². The van der Waals surface area contributed by atoms with Crippen molar-refractivity contribution in [2.75, 3.05) is 14.1 Å². The minimum Gasteiger partial charge on any atom is -0.383 e. The molecule has 0 saturated heterocycles. The standard InChI is InChI=1S/C28H27FN8O/c1-5-17(15-37(3)4)28(27-32-16(2)38-36-27)25-20(19-8-6-7-9-21(19)33-25)12-23(35-28)26-31-14-24(34-26)22-11-10-18(29)13-30-22/h5-11,13-15,23,33,35H,1,12H2,2-4H3,(H,31,34)/b17-15+/t23-,28?/m1/s1. The van der Waals surface area contributed by atoms with Gasteiger partial charge in [0.1, 0.15) is 11.6 Å². The van der Waals surface area contributed by atoms with E-state index in [1.165, 1.54) is 12.3 Å². The summed E-state index contributed by atoms with van der Waals surface area (Å²) in [6.45, 7) is 5.92. The van der Waals surface area contributed by atoms with E-state index in [9.17, 15) is 4.39 Å². The Bertz CT molecular complexity index is 1660. The topological polar surface area (TPSA) is 112 Å². The zero-order valence-corrected chi connectivity index (χ0v) is 21.3. The third-order valence-electron chi connectivity index (χ3n) is 6.83. The smallest absolute Gasteiger partial charge is 0.223 e. The molecule has 9 nitrogen and oxygen atoms in total. The van der Waals surface area contributed by atoms with Crippen molar-refractivity contribution in [2.24, 2.45) is 0 Å². The fraction of sp³-hybridized carbons (Fsp3) is 0.214. The zero-order valence-electron chi connectivity index (χ0n) is 21.3. The van der Waals surface area contributed by atoms with Crippen LogP contribution in [-0.2, 0) is 12.0 Å². The van der Waals surface area contributed by atoms with E-state index >= 15 is 0 Å². The van der Waals surface area contributed by atoms with Gasteiger partial charge in [0, 0.05) is 43.7 Å². The Morgan fingerprint density at radius 3 is 2.71 bits per heavy atom. The number of halogens is 1. The number of hydrogen-bond donors (Lipinski definition) is 3. The van der Waals surface area contributed by atoms with Crippen LogP contribution in [0, 0.1) is 12.7 Å². The molecule has 5 heterocycles. The number of aryl methyl sites for hydroxylation is 1. The lowest BCUT2D eigenvalue weighted by Crippen LogP contribution is -2.52. The van der Waals surface area contributed by atoms with Crippen LogP contribution in [0.2, 0.25) is 0 Å². The van der Waals surface area contributed by atoms with Gasteiger partial charge in [0.2, 0.25) is 11.7 Å². The number of nitrogens with zero attached hydrogens (tertiary/aromatic N) is 5. The maximum absolute atomic E-state index is 13.4. The molecule has 1 aliphatic heterocycles. The highest BCUT2D eigenvalue weighted by Gasteiger charge is 2.50. The summed E-state index contributed by atoms with van der Waals surface area (Å²) in [5, 5.41) is 9.31. The van der Waals surface area contributed by atoms with E-state index in [0.29, 0.717) is 35.3 Å². The third-order valence-corrected chi connectivity index (χ3v) is 6.83. The lowest BCUT2D eigenvalue weighted by Gasteiger charge is -2.41. The summed E-state index contributed by atoms with van der Waals surface area (Å²) in [6.07, 6.45) is 7.37. The minimum absolute atomic E-state index is 0.264. The van der Waals surface area contributed by atoms with Crippen LogP contribution in [0.15, 0.2) is 77.7 Å². The van der Waals surface area contributed by atoms with Crippen molar-refractivity contribution in [3.63, 3.8) is 0 Å². The number of aromatic amines is 2. The Morgan fingerprint density at radius 2 is 2.00 bits per heavy atom. The van der Waals surface area contributed by atoms with Crippen molar-refractivity contribution in [2.45, 2.75) is 24.9 Å². The van der Waals surface area contributed by atoms with Crippen LogP contribution in [0.5, 0.6) is 0 Å². The second-order valence-electron chi connectivity index (χ2n) is 9.61. The number of benzene rings is 1. The highest BCUT2D eigenvalue weighted by Crippen LogP contribution is 2.46. The fourth-order valence-electron chi connectivity index (χ4n) is 5.23. The number of pyridine rings is 1. The molecule has 2 atom stereocenters. The first kappa shape index (κ1) is 23.8. The van der Waals surface area contributed by atoms with Crippen molar-refractivity contribution >= 4 is 10.9 Å². The van der Waals surface area contributed by atoms with Gasteiger partial charge in [-0.1, -0.05) is 36.0 Å². The molecular weight excluding hydrogens is 483 g/mol. The summed E-state index contributed by atoms with van der Waals surface area (Å²) < 4.78 is 18.9. The molecule has 0 saturated carbocycles. The van der Waals surface area contributed by atoms with Crippen molar-refractivity contribution in [1.29, 1.82) is 0 Å². The van der Waals surface area contributed by atoms with Gasteiger partial charge in [-0.2, -0.15) is 4.98 Å². The molecule has 0 amide bonds. The minimum atomic E-state index is -1.01. The largest absolute Gasteiger partial charge is 0.383 e. The highest BCUT2D eigenvalue weighted by atomic mass is 19.1. The van der Waals surface area contributed by atoms with Crippen LogP contribution in [0.1, 0.15) is 34.8 Å². The first-order chi connectivity index (χ1) is 18.4. The van der Waals surface area contributed by atoms with Gasteiger partial charge in [0.15, 0.2) is 5.54 Å². The molecule has 0 aliphatic carbocycles. The van der Waals surface area contributed by atoms with E-state index in [2.05, 4.69) is 44.1 Å². The monoisotopic (exact) mass is 510 g/mol. The summed E-state index contributed by atoms with van der Waals surface area (Å²) in [5.74, 6) is 1.24. The van der Waals surface area contributed by atoms with Gasteiger partial charge in [-0.05, 0) is 30.2 Å². The third kappa shape index (κ3) is 3.81. The maximum atomic E-state index is 13.4. The van der Waals surface area contributed by atoms with Crippen molar-refractivity contribution in [3.05, 3.63) is 108 Å². The van der Waals surface area contributed by atoms with Crippen molar-refractivity contribution in [1.82, 2.24) is 40.3 Å². The lowest BCUT2D eigenvalue weighted by atomic mass is 9.77. The first-order valence-corrected chi connectivity index (χ1v) is 12.3. The van der Waals surface area contributed by atoms with Gasteiger partial charge in [0.25, 0.3) is 0 Å². The zero-order chi connectivity index (χ0) is 26.4. The quantitative estimate of drug-likeness (QED) is 0.288. The molecule has 10 heteroatoms. The van der Waals surface area contributed by atoms with E-state index < -0.39 is 5.54 Å². The van der Waals surface area contributed by atoms with Crippen LogP contribution >= 0.6 is 0 Å². The predicted octanol–water partition coefficient (Wildman–Crippen LogP) is 4.55. The molecule has 0 radical (unpaired) electrons. The van der Waals surface area contributed by atoms with Gasteiger partial charge >= 0.3 is 0 Å². The Labute approximate surface area is 218 Å². The van der Waals surface area contributed by atoms with E-state index in [4.69, 9.17) is 14.5 Å². The first-order valence-electron chi connectivity index (χ1n) is 12.3. The Balaban J connectivity index is 1.57. The average Bonchev–Trinajstić information content (AvgIpc) is 3.66. The second-order valence-corrected chi connectivity index (χ2v) is 9.61. The molecule has 0 spiro atoms. The maximum Gasteiger partial charge on any atom is 0.223 e. The molecule has 6 rings (SSSR count). The molecule has 3 N–H and O–H groups in total.